The first-order valence-electron chi connectivity index (χ1n) is 6.99. The molecule has 0 aliphatic heterocycles. The Morgan fingerprint density at radius 1 is 0.810 bits per heavy atom. The van der Waals surface area contributed by atoms with Gasteiger partial charge in [0.15, 0.2) is 0 Å². The van der Waals surface area contributed by atoms with Gasteiger partial charge in [0.25, 0.3) is 0 Å². The van der Waals surface area contributed by atoms with Crippen molar-refractivity contribution in [2.45, 2.75) is 19.8 Å². The molecule has 110 valence electrons. The third-order valence-electron chi connectivity index (χ3n) is 3.77. The zero-order valence-corrected chi connectivity index (χ0v) is 12.1. The van der Waals surface area contributed by atoms with Crippen molar-refractivity contribution < 1.29 is 13.6 Å². The summed E-state index contributed by atoms with van der Waals surface area (Å²) in [6, 6.07) is 12.3. The molecule has 0 aliphatic rings. The maximum atomic E-state index is 13.1. The summed E-state index contributed by atoms with van der Waals surface area (Å²) in [6.07, 6.45) is 0.933. The largest absolute Gasteiger partial charge is 0.303 e. The molecule has 1 nitrogen and oxygen atoms in total. The van der Waals surface area contributed by atoms with Gasteiger partial charge in [-0.2, -0.15) is 0 Å². The van der Waals surface area contributed by atoms with Gasteiger partial charge in [-0.3, -0.25) is 0 Å². The number of benzene rings is 2. The lowest BCUT2D eigenvalue weighted by Gasteiger charge is -2.27. The molecule has 0 radical (unpaired) electrons. The van der Waals surface area contributed by atoms with Crippen LogP contribution in [-0.4, -0.2) is 6.29 Å². The van der Waals surface area contributed by atoms with E-state index in [1.165, 1.54) is 24.3 Å². The van der Waals surface area contributed by atoms with E-state index in [2.05, 4.69) is 0 Å². The SMILES string of the molecule is CC(C)C(C=O)C(c1ccc(F)cc1)c1ccc(F)cc1. The fourth-order valence-electron chi connectivity index (χ4n) is 2.60. The summed E-state index contributed by atoms with van der Waals surface area (Å²) in [6.45, 7) is 3.94. The first kappa shape index (κ1) is 15.4. The van der Waals surface area contributed by atoms with Crippen molar-refractivity contribution in [3.63, 3.8) is 0 Å². The van der Waals surface area contributed by atoms with Gasteiger partial charge in [-0.25, -0.2) is 8.78 Å². The molecule has 0 saturated heterocycles. The van der Waals surface area contributed by atoms with Crippen molar-refractivity contribution >= 4 is 6.29 Å². The van der Waals surface area contributed by atoms with E-state index >= 15 is 0 Å². The zero-order valence-electron chi connectivity index (χ0n) is 12.1. The molecule has 0 aromatic heterocycles. The molecule has 21 heavy (non-hydrogen) atoms. The van der Waals surface area contributed by atoms with Crippen LogP contribution in [0.2, 0.25) is 0 Å². The Hall–Kier alpha value is -2.03. The van der Waals surface area contributed by atoms with Crippen LogP contribution in [0.4, 0.5) is 8.78 Å². The highest BCUT2D eigenvalue weighted by molar-refractivity contribution is 5.58. The fraction of sp³-hybridized carbons (Fsp3) is 0.278. The second-order valence-electron chi connectivity index (χ2n) is 5.54. The highest BCUT2D eigenvalue weighted by atomic mass is 19.1. The predicted molar refractivity (Wildman–Crippen MR) is 79.0 cm³/mol. The van der Waals surface area contributed by atoms with E-state index in [9.17, 15) is 13.6 Å². The Kier molecular flexibility index (Phi) is 4.84. The molecule has 0 amide bonds. The van der Waals surface area contributed by atoms with Gasteiger partial charge in [0, 0.05) is 11.8 Å². The molecule has 2 rings (SSSR count). The summed E-state index contributed by atoms with van der Waals surface area (Å²) in [7, 11) is 0. The third-order valence-corrected chi connectivity index (χ3v) is 3.77. The number of halogens is 2. The number of rotatable bonds is 5. The average molecular weight is 288 g/mol. The quantitative estimate of drug-likeness (QED) is 0.737. The Labute approximate surface area is 123 Å². The lowest BCUT2D eigenvalue weighted by Crippen LogP contribution is -2.21. The van der Waals surface area contributed by atoms with Crippen molar-refractivity contribution in [3.05, 3.63) is 71.3 Å². The van der Waals surface area contributed by atoms with Crippen LogP contribution in [0.15, 0.2) is 48.5 Å². The minimum Gasteiger partial charge on any atom is -0.303 e. The van der Waals surface area contributed by atoms with E-state index < -0.39 is 0 Å². The molecular formula is C18H18F2O. The number of carbonyl (C=O) groups excluding carboxylic acids is 1. The Balaban J connectivity index is 2.50. The molecule has 0 N–H and O–H groups in total. The lowest BCUT2D eigenvalue weighted by atomic mass is 9.76. The maximum absolute atomic E-state index is 13.1. The smallest absolute Gasteiger partial charge is 0.124 e. The second kappa shape index (κ2) is 6.61. The monoisotopic (exact) mass is 288 g/mol. The first-order chi connectivity index (χ1) is 10.0. The van der Waals surface area contributed by atoms with Crippen molar-refractivity contribution in [1.82, 2.24) is 0 Å². The molecule has 0 heterocycles. The first-order valence-corrected chi connectivity index (χ1v) is 6.99. The summed E-state index contributed by atoms with van der Waals surface area (Å²) < 4.78 is 26.3. The normalized spacial score (nSPS) is 12.7. The van der Waals surface area contributed by atoms with Gasteiger partial charge in [-0.1, -0.05) is 38.1 Å². The van der Waals surface area contributed by atoms with Crippen LogP contribution in [0.5, 0.6) is 0 Å². The second-order valence-corrected chi connectivity index (χ2v) is 5.54. The molecule has 2 aromatic rings. The van der Waals surface area contributed by atoms with Crippen LogP contribution in [0.3, 0.4) is 0 Å². The van der Waals surface area contributed by atoms with E-state index in [-0.39, 0.29) is 29.4 Å². The molecular weight excluding hydrogens is 270 g/mol. The molecule has 1 unspecified atom stereocenters. The Morgan fingerprint density at radius 2 is 1.19 bits per heavy atom. The van der Waals surface area contributed by atoms with Crippen LogP contribution in [0.1, 0.15) is 30.9 Å². The maximum Gasteiger partial charge on any atom is 0.124 e. The van der Waals surface area contributed by atoms with Crippen LogP contribution >= 0.6 is 0 Å². The summed E-state index contributed by atoms with van der Waals surface area (Å²) in [5.74, 6) is -0.958. The van der Waals surface area contributed by atoms with Crippen LogP contribution in [-0.2, 0) is 4.79 Å². The van der Waals surface area contributed by atoms with Crippen molar-refractivity contribution in [3.8, 4) is 0 Å². The third kappa shape index (κ3) is 3.54. The molecule has 0 bridgehead atoms. The van der Waals surface area contributed by atoms with Crippen LogP contribution in [0.25, 0.3) is 0 Å². The Morgan fingerprint density at radius 3 is 1.48 bits per heavy atom. The molecule has 2 aromatic carbocycles. The fourth-order valence-corrected chi connectivity index (χ4v) is 2.60. The Bertz CT molecular complexity index is 542. The summed E-state index contributed by atoms with van der Waals surface area (Å²) in [4.78, 5) is 11.5. The summed E-state index contributed by atoms with van der Waals surface area (Å²) >= 11 is 0. The van der Waals surface area contributed by atoms with E-state index in [0.29, 0.717) is 0 Å². The lowest BCUT2D eigenvalue weighted by molar-refractivity contribution is -0.112. The van der Waals surface area contributed by atoms with Gasteiger partial charge in [0.05, 0.1) is 0 Å². The molecule has 0 aliphatic carbocycles. The van der Waals surface area contributed by atoms with Gasteiger partial charge in [0.2, 0.25) is 0 Å². The highest BCUT2D eigenvalue weighted by Crippen LogP contribution is 2.35. The van der Waals surface area contributed by atoms with E-state index in [1.807, 2.05) is 13.8 Å². The van der Waals surface area contributed by atoms with Gasteiger partial charge >= 0.3 is 0 Å². The van der Waals surface area contributed by atoms with Crippen molar-refractivity contribution in [2.75, 3.05) is 0 Å². The van der Waals surface area contributed by atoms with Gasteiger partial charge in [-0.15, -0.1) is 0 Å². The van der Waals surface area contributed by atoms with Crippen molar-refractivity contribution in [1.29, 1.82) is 0 Å². The molecule has 0 fully saturated rings. The van der Waals surface area contributed by atoms with E-state index in [0.717, 1.165) is 17.4 Å². The van der Waals surface area contributed by atoms with E-state index in [1.54, 1.807) is 24.3 Å². The van der Waals surface area contributed by atoms with Gasteiger partial charge in [-0.05, 0) is 41.3 Å². The molecule has 3 heteroatoms. The van der Waals surface area contributed by atoms with Gasteiger partial charge in [0.1, 0.15) is 17.9 Å². The molecule has 0 saturated carbocycles. The number of hydrogen-bond donors (Lipinski definition) is 0. The average Bonchev–Trinajstić information content (AvgIpc) is 2.46. The molecule has 1 atom stereocenters. The van der Waals surface area contributed by atoms with Crippen LogP contribution < -0.4 is 0 Å². The minimum absolute atomic E-state index is 0.127. The topological polar surface area (TPSA) is 17.1 Å². The number of aldehydes is 1. The van der Waals surface area contributed by atoms with Crippen LogP contribution in [0, 0.1) is 23.5 Å². The number of carbonyl (C=O) groups is 1. The standard InChI is InChI=1S/C18H18F2O/c1-12(2)17(11-21)18(13-3-7-15(19)8-4-13)14-5-9-16(20)10-6-14/h3-12,17-18H,1-2H3. The zero-order chi connectivity index (χ0) is 15.4. The molecule has 0 spiro atoms. The van der Waals surface area contributed by atoms with Crippen molar-refractivity contribution in [2.24, 2.45) is 11.8 Å². The van der Waals surface area contributed by atoms with E-state index in [4.69, 9.17) is 0 Å². The summed E-state index contributed by atoms with van der Waals surface area (Å²) in [5, 5.41) is 0. The van der Waals surface area contributed by atoms with Gasteiger partial charge < -0.3 is 4.79 Å². The summed E-state index contributed by atoms with van der Waals surface area (Å²) in [5.41, 5.74) is 1.71. The predicted octanol–water partition coefficient (Wildman–Crippen LogP) is 4.57. The number of hydrogen-bond acceptors (Lipinski definition) is 1. The minimum atomic E-state index is -0.316. The highest BCUT2D eigenvalue weighted by Gasteiger charge is 2.27.